The molecular formula is C17H20N2O2. The van der Waals surface area contributed by atoms with Crippen molar-refractivity contribution < 1.29 is 9.53 Å². The normalized spacial score (nSPS) is 10.2. The molecule has 21 heavy (non-hydrogen) atoms. The van der Waals surface area contributed by atoms with E-state index in [-0.39, 0.29) is 12.5 Å². The van der Waals surface area contributed by atoms with E-state index in [0.717, 1.165) is 28.1 Å². The molecule has 0 aliphatic carbocycles. The molecule has 2 rings (SSSR count). The van der Waals surface area contributed by atoms with Crippen LogP contribution in [0.5, 0.6) is 5.75 Å². The van der Waals surface area contributed by atoms with Gasteiger partial charge in [-0.25, -0.2) is 0 Å². The van der Waals surface area contributed by atoms with Crippen LogP contribution in [0.2, 0.25) is 0 Å². The number of benzene rings is 2. The number of nitrogens with one attached hydrogen (secondary N) is 1. The molecule has 0 bridgehead atoms. The quantitative estimate of drug-likeness (QED) is 0.887. The first-order valence-electron chi connectivity index (χ1n) is 6.88. The Morgan fingerprint density at radius 3 is 2.71 bits per heavy atom. The van der Waals surface area contributed by atoms with Crippen LogP contribution in [0.25, 0.3) is 0 Å². The van der Waals surface area contributed by atoms with Crippen LogP contribution in [-0.2, 0) is 11.3 Å². The summed E-state index contributed by atoms with van der Waals surface area (Å²) in [5.41, 5.74) is 9.48. The van der Waals surface area contributed by atoms with Crippen molar-refractivity contribution in [1.82, 2.24) is 0 Å². The van der Waals surface area contributed by atoms with Gasteiger partial charge in [0, 0.05) is 12.2 Å². The van der Waals surface area contributed by atoms with Crippen LogP contribution in [0, 0.1) is 13.8 Å². The molecule has 1 amide bonds. The second kappa shape index (κ2) is 6.90. The minimum atomic E-state index is -0.190. The Morgan fingerprint density at radius 1 is 1.19 bits per heavy atom. The van der Waals surface area contributed by atoms with Crippen molar-refractivity contribution in [3.63, 3.8) is 0 Å². The van der Waals surface area contributed by atoms with Gasteiger partial charge in [-0.2, -0.15) is 0 Å². The van der Waals surface area contributed by atoms with Crippen molar-refractivity contribution in [3.8, 4) is 5.75 Å². The molecule has 3 N–H and O–H groups in total. The van der Waals surface area contributed by atoms with Gasteiger partial charge in [-0.05, 0) is 48.7 Å². The molecule has 0 aliphatic rings. The number of carbonyl (C=O) groups is 1. The average Bonchev–Trinajstić information content (AvgIpc) is 2.49. The number of nitrogens with two attached hydrogens (primary N) is 1. The lowest BCUT2D eigenvalue weighted by atomic mass is 10.1. The number of amides is 1. The third kappa shape index (κ3) is 4.07. The number of rotatable bonds is 5. The number of aryl methyl sites for hydroxylation is 1. The molecule has 0 aliphatic heterocycles. The maximum atomic E-state index is 11.9. The van der Waals surface area contributed by atoms with Gasteiger partial charge in [0.1, 0.15) is 5.75 Å². The molecule has 0 saturated carbocycles. The summed E-state index contributed by atoms with van der Waals surface area (Å²) in [6.45, 7) is 4.42. The predicted octanol–water partition coefficient (Wildman–Crippen LogP) is 2.78. The van der Waals surface area contributed by atoms with Crippen molar-refractivity contribution in [3.05, 3.63) is 59.2 Å². The fourth-order valence-electron chi connectivity index (χ4n) is 2.00. The van der Waals surface area contributed by atoms with Crippen LogP contribution < -0.4 is 15.8 Å². The highest BCUT2D eigenvalue weighted by Gasteiger charge is 2.06. The molecule has 0 atom stereocenters. The van der Waals surface area contributed by atoms with Crippen LogP contribution in [0.15, 0.2) is 42.5 Å². The fraction of sp³-hybridized carbons (Fsp3) is 0.235. The fourth-order valence-corrected chi connectivity index (χ4v) is 2.00. The monoisotopic (exact) mass is 284 g/mol. The first-order chi connectivity index (χ1) is 10.1. The zero-order valence-electron chi connectivity index (χ0n) is 12.3. The molecule has 0 unspecified atom stereocenters. The Labute approximate surface area is 124 Å². The van der Waals surface area contributed by atoms with E-state index in [2.05, 4.69) is 5.32 Å². The summed E-state index contributed by atoms with van der Waals surface area (Å²) in [4.78, 5) is 11.9. The standard InChI is InChI=1S/C17H20N2O2/c1-12-5-3-8-16(13(12)2)21-11-17(20)19-15-7-4-6-14(9-15)10-18/h3-9H,10-11,18H2,1-2H3,(H,19,20). The molecule has 0 heterocycles. The van der Waals surface area contributed by atoms with Crippen LogP contribution in [0.4, 0.5) is 5.69 Å². The Morgan fingerprint density at radius 2 is 1.95 bits per heavy atom. The number of hydrogen-bond donors (Lipinski definition) is 2. The van der Waals surface area contributed by atoms with Gasteiger partial charge in [0.2, 0.25) is 0 Å². The smallest absolute Gasteiger partial charge is 0.262 e. The first kappa shape index (κ1) is 15.1. The Kier molecular flexibility index (Phi) is 4.95. The lowest BCUT2D eigenvalue weighted by Crippen LogP contribution is -2.20. The highest BCUT2D eigenvalue weighted by Crippen LogP contribution is 2.20. The van der Waals surface area contributed by atoms with Crippen molar-refractivity contribution in [1.29, 1.82) is 0 Å². The molecule has 0 radical (unpaired) electrons. The Balaban J connectivity index is 1.94. The van der Waals surface area contributed by atoms with E-state index in [0.29, 0.717) is 6.54 Å². The van der Waals surface area contributed by atoms with Crippen LogP contribution in [0.1, 0.15) is 16.7 Å². The SMILES string of the molecule is Cc1cccc(OCC(=O)Nc2cccc(CN)c2)c1C. The lowest BCUT2D eigenvalue weighted by molar-refractivity contribution is -0.118. The highest BCUT2D eigenvalue weighted by atomic mass is 16.5. The molecular weight excluding hydrogens is 264 g/mol. The Bertz CT molecular complexity index is 638. The summed E-state index contributed by atoms with van der Waals surface area (Å²) in [6.07, 6.45) is 0. The average molecular weight is 284 g/mol. The van der Waals surface area contributed by atoms with Gasteiger partial charge in [0.15, 0.2) is 6.61 Å². The van der Waals surface area contributed by atoms with Gasteiger partial charge in [-0.3, -0.25) is 4.79 Å². The zero-order chi connectivity index (χ0) is 15.2. The Hall–Kier alpha value is -2.33. The van der Waals surface area contributed by atoms with Gasteiger partial charge in [-0.1, -0.05) is 24.3 Å². The highest BCUT2D eigenvalue weighted by molar-refractivity contribution is 5.91. The number of hydrogen-bond acceptors (Lipinski definition) is 3. The molecule has 2 aromatic carbocycles. The number of anilines is 1. The van der Waals surface area contributed by atoms with Gasteiger partial charge in [-0.15, -0.1) is 0 Å². The summed E-state index contributed by atoms with van der Waals surface area (Å²) >= 11 is 0. The van der Waals surface area contributed by atoms with Gasteiger partial charge >= 0.3 is 0 Å². The molecule has 4 nitrogen and oxygen atoms in total. The summed E-state index contributed by atoms with van der Waals surface area (Å²) < 4.78 is 5.57. The summed E-state index contributed by atoms with van der Waals surface area (Å²) in [6, 6.07) is 13.3. The topological polar surface area (TPSA) is 64.3 Å². The van der Waals surface area contributed by atoms with E-state index in [1.54, 1.807) is 0 Å². The maximum Gasteiger partial charge on any atom is 0.262 e. The minimum absolute atomic E-state index is 0.0167. The summed E-state index contributed by atoms with van der Waals surface area (Å²) in [5.74, 6) is 0.547. The van der Waals surface area contributed by atoms with Crippen LogP contribution >= 0.6 is 0 Å². The molecule has 110 valence electrons. The van der Waals surface area contributed by atoms with Crippen molar-refractivity contribution >= 4 is 11.6 Å². The largest absolute Gasteiger partial charge is 0.483 e. The number of ether oxygens (including phenoxy) is 1. The molecule has 0 aromatic heterocycles. The number of carbonyl (C=O) groups excluding carboxylic acids is 1. The lowest BCUT2D eigenvalue weighted by Gasteiger charge is -2.11. The zero-order valence-corrected chi connectivity index (χ0v) is 12.3. The second-order valence-electron chi connectivity index (χ2n) is 4.94. The second-order valence-corrected chi connectivity index (χ2v) is 4.94. The van der Waals surface area contributed by atoms with E-state index in [9.17, 15) is 4.79 Å². The van der Waals surface area contributed by atoms with Crippen molar-refractivity contribution in [2.75, 3.05) is 11.9 Å². The molecule has 0 spiro atoms. The van der Waals surface area contributed by atoms with Gasteiger partial charge < -0.3 is 15.8 Å². The van der Waals surface area contributed by atoms with E-state index >= 15 is 0 Å². The summed E-state index contributed by atoms with van der Waals surface area (Å²) in [5, 5.41) is 2.80. The minimum Gasteiger partial charge on any atom is -0.483 e. The van der Waals surface area contributed by atoms with Crippen molar-refractivity contribution in [2.45, 2.75) is 20.4 Å². The van der Waals surface area contributed by atoms with E-state index in [1.807, 2.05) is 56.3 Å². The third-order valence-electron chi connectivity index (χ3n) is 3.36. The maximum absolute atomic E-state index is 11.9. The first-order valence-corrected chi connectivity index (χ1v) is 6.88. The van der Waals surface area contributed by atoms with E-state index in [1.165, 1.54) is 0 Å². The molecule has 0 fully saturated rings. The summed E-state index contributed by atoms with van der Waals surface area (Å²) in [7, 11) is 0. The van der Waals surface area contributed by atoms with Crippen LogP contribution in [-0.4, -0.2) is 12.5 Å². The van der Waals surface area contributed by atoms with Gasteiger partial charge in [0.05, 0.1) is 0 Å². The van der Waals surface area contributed by atoms with Crippen molar-refractivity contribution in [2.24, 2.45) is 5.73 Å². The molecule has 2 aromatic rings. The molecule has 0 saturated heterocycles. The van der Waals surface area contributed by atoms with Crippen LogP contribution in [0.3, 0.4) is 0 Å². The van der Waals surface area contributed by atoms with E-state index < -0.39 is 0 Å². The third-order valence-corrected chi connectivity index (χ3v) is 3.36. The molecule has 4 heteroatoms. The van der Waals surface area contributed by atoms with E-state index in [4.69, 9.17) is 10.5 Å². The van der Waals surface area contributed by atoms with Gasteiger partial charge in [0.25, 0.3) is 5.91 Å². The predicted molar refractivity (Wildman–Crippen MR) is 84.4 cm³/mol.